The van der Waals surface area contributed by atoms with E-state index >= 15 is 0 Å². The van der Waals surface area contributed by atoms with E-state index in [1.165, 1.54) is 6.92 Å². The van der Waals surface area contributed by atoms with Gasteiger partial charge < -0.3 is 43.4 Å². The predicted octanol–water partition coefficient (Wildman–Crippen LogP) is -2.63. The number of carbonyl (C=O) groups excluding carboxylic acids is 3. The van der Waals surface area contributed by atoms with E-state index in [4.69, 9.17) is 22.3 Å². The molecule has 0 radical (unpaired) electrons. The van der Waals surface area contributed by atoms with Crippen LogP contribution in [0.4, 0.5) is 0 Å². The Labute approximate surface area is 182 Å². The van der Waals surface area contributed by atoms with Gasteiger partial charge in [0.15, 0.2) is 6.04 Å². The number of nitrogens with two attached hydrogens (primary N) is 3. The fourth-order valence-electron chi connectivity index (χ4n) is 2.77. The van der Waals surface area contributed by atoms with E-state index in [-0.39, 0.29) is 18.9 Å². The maximum Gasteiger partial charge on any atom is 0.328 e. The van der Waals surface area contributed by atoms with Crippen LogP contribution in [0.2, 0.25) is 0 Å². The summed E-state index contributed by atoms with van der Waals surface area (Å²) in [4.78, 5) is 48.8. The van der Waals surface area contributed by atoms with Crippen molar-refractivity contribution >= 4 is 23.7 Å². The van der Waals surface area contributed by atoms with E-state index in [0.717, 1.165) is 6.42 Å². The molecule has 0 aromatic heterocycles. The Hall–Kier alpha value is -2.28. The number of aliphatic hydroxyl groups excluding tert-OH is 1. The molecule has 0 unspecified atom stereocenters. The number of unbranched alkanes of at least 4 members (excludes halogenated alkanes) is 1. The zero-order valence-electron chi connectivity index (χ0n) is 18.5. The van der Waals surface area contributed by atoms with E-state index in [1.54, 1.807) is 13.8 Å². The lowest BCUT2D eigenvalue weighted by molar-refractivity contribution is -0.145. The molecule has 5 atom stereocenters. The third kappa shape index (κ3) is 10.5. The van der Waals surface area contributed by atoms with Gasteiger partial charge >= 0.3 is 5.97 Å². The molecule has 12 nitrogen and oxygen atoms in total. The zero-order valence-corrected chi connectivity index (χ0v) is 18.5. The van der Waals surface area contributed by atoms with Crippen molar-refractivity contribution in [2.75, 3.05) is 13.1 Å². The third-order valence-corrected chi connectivity index (χ3v) is 4.69. The summed E-state index contributed by atoms with van der Waals surface area (Å²) < 4.78 is 0. The number of hydrogen-bond acceptors (Lipinski definition) is 8. The number of aliphatic hydroxyl groups is 1. The number of nitrogens with one attached hydrogen (secondary N) is 3. The minimum atomic E-state index is -1.54. The molecule has 0 aliphatic carbocycles. The number of carboxylic acid groups (broad SMARTS) is 1. The first-order valence-corrected chi connectivity index (χ1v) is 10.4. The summed E-state index contributed by atoms with van der Waals surface area (Å²) in [5.41, 5.74) is 16.8. The van der Waals surface area contributed by atoms with E-state index < -0.39 is 54.0 Å². The average Bonchev–Trinajstić information content (AvgIpc) is 2.68. The molecule has 0 aromatic rings. The van der Waals surface area contributed by atoms with Crippen LogP contribution >= 0.6 is 0 Å². The summed E-state index contributed by atoms with van der Waals surface area (Å²) in [6.07, 6.45) is 0.509. The molecule has 12 heteroatoms. The maximum absolute atomic E-state index is 12.8. The fraction of sp³-hybridized carbons (Fsp3) is 0.789. The van der Waals surface area contributed by atoms with Crippen LogP contribution in [-0.4, -0.2) is 77.3 Å². The van der Waals surface area contributed by atoms with Gasteiger partial charge in [0.2, 0.25) is 17.7 Å². The van der Waals surface area contributed by atoms with Crippen molar-refractivity contribution in [1.29, 1.82) is 0 Å². The molecule has 0 saturated heterocycles. The molecular formula is C19H38N6O6. The Morgan fingerprint density at radius 1 is 0.806 bits per heavy atom. The fourth-order valence-corrected chi connectivity index (χ4v) is 2.77. The van der Waals surface area contributed by atoms with Gasteiger partial charge in [0.25, 0.3) is 0 Å². The Morgan fingerprint density at radius 3 is 1.84 bits per heavy atom. The Bertz CT molecular complexity index is 600. The number of rotatable bonds is 15. The molecule has 0 spiro atoms. The second kappa shape index (κ2) is 14.7. The first kappa shape index (κ1) is 28.7. The topological polar surface area (TPSA) is 223 Å². The van der Waals surface area contributed by atoms with Crippen LogP contribution in [0.5, 0.6) is 0 Å². The molecule has 0 aliphatic rings. The maximum atomic E-state index is 12.8. The van der Waals surface area contributed by atoms with Crippen LogP contribution in [0, 0.1) is 5.92 Å². The SMILES string of the molecule is CC(C)[C@H](NC(=O)[C@@H](N)CCCCN)C(=O)N[C@@H](CCN)C(=O)N[C@H](C(=O)O)[C@@H](C)O. The third-order valence-electron chi connectivity index (χ3n) is 4.69. The van der Waals surface area contributed by atoms with Crippen molar-refractivity contribution < 1.29 is 29.4 Å². The highest BCUT2D eigenvalue weighted by atomic mass is 16.4. The Morgan fingerprint density at radius 2 is 1.39 bits per heavy atom. The van der Waals surface area contributed by atoms with E-state index in [1.807, 2.05) is 0 Å². The molecule has 0 aliphatic heterocycles. The highest BCUT2D eigenvalue weighted by Crippen LogP contribution is 2.06. The molecule has 3 amide bonds. The molecule has 0 rings (SSSR count). The molecule has 0 bridgehead atoms. The van der Waals surface area contributed by atoms with Crippen LogP contribution < -0.4 is 33.2 Å². The lowest BCUT2D eigenvalue weighted by Crippen LogP contribution is -2.59. The summed E-state index contributed by atoms with van der Waals surface area (Å²) in [7, 11) is 0. The van der Waals surface area contributed by atoms with E-state index in [9.17, 15) is 24.3 Å². The lowest BCUT2D eigenvalue weighted by Gasteiger charge is -2.27. The first-order chi connectivity index (χ1) is 14.5. The minimum absolute atomic E-state index is 0.0289. The van der Waals surface area contributed by atoms with Gasteiger partial charge in [0.1, 0.15) is 12.1 Å². The second-order valence-corrected chi connectivity index (χ2v) is 7.82. The second-order valence-electron chi connectivity index (χ2n) is 7.82. The van der Waals surface area contributed by atoms with Crippen LogP contribution in [0.25, 0.3) is 0 Å². The summed E-state index contributed by atoms with van der Waals surface area (Å²) >= 11 is 0. The molecule has 0 fully saturated rings. The van der Waals surface area contributed by atoms with Gasteiger partial charge in [-0.15, -0.1) is 0 Å². The van der Waals surface area contributed by atoms with Crippen LogP contribution in [-0.2, 0) is 19.2 Å². The molecular weight excluding hydrogens is 408 g/mol. The smallest absolute Gasteiger partial charge is 0.328 e. The first-order valence-electron chi connectivity index (χ1n) is 10.4. The van der Waals surface area contributed by atoms with Crippen LogP contribution in [0.3, 0.4) is 0 Å². The summed E-state index contributed by atoms with van der Waals surface area (Å²) in [6.45, 7) is 5.19. The molecule has 31 heavy (non-hydrogen) atoms. The number of carbonyl (C=O) groups is 4. The highest BCUT2D eigenvalue weighted by Gasteiger charge is 2.32. The molecule has 0 aromatic carbocycles. The van der Waals surface area contributed by atoms with Gasteiger partial charge in [-0.05, 0) is 45.2 Å². The molecule has 11 N–H and O–H groups in total. The van der Waals surface area contributed by atoms with Gasteiger partial charge in [-0.2, -0.15) is 0 Å². The van der Waals surface area contributed by atoms with Crippen molar-refractivity contribution in [2.45, 2.75) is 76.7 Å². The minimum Gasteiger partial charge on any atom is -0.480 e. The summed E-state index contributed by atoms with van der Waals surface area (Å²) in [5.74, 6) is -3.66. The van der Waals surface area contributed by atoms with E-state index in [2.05, 4.69) is 16.0 Å². The normalized spacial score (nSPS) is 16.0. The predicted molar refractivity (Wildman–Crippen MR) is 114 cm³/mol. The van der Waals surface area contributed by atoms with Crippen LogP contribution in [0.15, 0.2) is 0 Å². The van der Waals surface area contributed by atoms with Crippen molar-refractivity contribution in [3.8, 4) is 0 Å². The molecule has 0 heterocycles. The number of carboxylic acids is 1. The summed E-state index contributed by atoms with van der Waals surface area (Å²) in [5, 5.41) is 26.0. The van der Waals surface area contributed by atoms with Crippen molar-refractivity contribution in [3.05, 3.63) is 0 Å². The Kier molecular flexibility index (Phi) is 13.6. The zero-order chi connectivity index (χ0) is 24.1. The largest absolute Gasteiger partial charge is 0.480 e. The van der Waals surface area contributed by atoms with Crippen LogP contribution in [0.1, 0.15) is 46.5 Å². The highest BCUT2D eigenvalue weighted by molar-refractivity contribution is 5.94. The van der Waals surface area contributed by atoms with Gasteiger partial charge in [0.05, 0.1) is 12.1 Å². The average molecular weight is 447 g/mol. The lowest BCUT2D eigenvalue weighted by atomic mass is 10.0. The van der Waals surface area contributed by atoms with Crippen molar-refractivity contribution in [2.24, 2.45) is 23.1 Å². The number of amides is 3. The number of hydrogen-bond donors (Lipinski definition) is 8. The van der Waals surface area contributed by atoms with Crippen molar-refractivity contribution in [1.82, 2.24) is 16.0 Å². The van der Waals surface area contributed by atoms with Gasteiger partial charge in [-0.1, -0.05) is 20.3 Å². The monoisotopic (exact) mass is 446 g/mol. The van der Waals surface area contributed by atoms with E-state index in [0.29, 0.717) is 19.4 Å². The van der Waals surface area contributed by atoms with Gasteiger partial charge in [-0.25, -0.2) is 4.79 Å². The molecule has 0 saturated carbocycles. The quantitative estimate of drug-likeness (QED) is 0.123. The summed E-state index contributed by atoms with van der Waals surface area (Å²) in [6, 6.07) is -4.45. The number of aliphatic carboxylic acids is 1. The standard InChI is InChI=1S/C19H38N6O6/c1-10(2)14(24-16(27)12(22)6-4-5-8-20)18(29)23-13(7-9-21)17(28)25-15(11(3)26)19(30)31/h10-15,26H,4-9,20-22H2,1-3H3,(H,23,29)(H,24,27)(H,25,28)(H,30,31)/t11-,12+,13+,14+,15+/m1/s1. The van der Waals surface area contributed by atoms with Gasteiger partial charge in [0, 0.05) is 0 Å². The Balaban J connectivity index is 5.19. The van der Waals surface area contributed by atoms with Gasteiger partial charge in [-0.3, -0.25) is 14.4 Å². The van der Waals surface area contributed by atoms with Crippen molar-refractivity contribution in [3.63, 3.8) is 0 Å². The molecule has 180 valence electrons.